The summed E-state index contributed by atoms with van der Waals surface area (Å²) in [6.45, 7) is 3.78. The maximum Gasteiger partial charge on any atom is 0.225 e. The summed E-state index contributed by atoms with van der Waals surface area (Å²) in [6, 6.07) is 10.2. The van der Waals surface area contributed by atoms with Crippen LogP contribution in [0, 0.1) is 5.92 Å². The van der Waals surface area contributed by atoms with Crippen molar-refractivity contribution >= 4 is 5.91 Å². The Morgan fingerprint density at radius 3 is 2.32 bits per heavy atom. The molecule has 1 aromatic rings. The largest absolute Gasteiger partial charge is 0.346 e. The fourth-order valence-electron chi connectivity index (χ4n) is 2.81. The van der Waals surface area contributed by atoms with Crippen LogP contribution in [0.2, 0.25) is 0 Å². The number of benzene rings is 1. The molecule has 3 nitrogen and oxygen atoms in total. The van der Waals surface area contributed by atoms with E-state index in [9.17, 15) is 4.79 Å². The lowest BCUT2D eigenvalue weighted by Gasteiger charge is -2.33. The van der Waals surface area contributed by atoms with Gasteiger partial charge in [0.15, 0.2) is 0 Å². The fraction of sp³-hybridized carbons (Fsp3) is 0.562. The van der Waals surface area contributed by atoms with Gasteiger partial charge in [-0.25, -0.2) is 0 Å². The molecule has 2 unspecified atom stereocenters. The van der Waals surface area contributed by atoms with Crippen molar-refractivity contribution in [3.8, 4) is 0 Å². The van der Waals surface area contributed by atoms with Crippen LogP contribution in [0.4, 0.5) is 0 Å². The van der Waals surface area contributed by atoms with Crippen LogP contribution in [0.15, 0.2) is 30.3 Å². The molecule has 0 aliphatic heterocycles. The van der Waals surface area contributed by atoms with Crippen molar-refractivity contribution in [1.29, 1.82) is 0 Å². The van der Waals surface area contributed by atoms with Crippen molar-refractivity contribution in [3.63, 3.8) is 0 Å². The van der Waals surface area contributed by atoms with Gasteiger partial charge in [0.05, 0.1) is 5.54 Å². The molecular weight excluding hydrogens is 236 g/mol. The highest BCUT2D eigenvalue weighted by atomic mass is 16.2. The molecule has 1 fully saturated rings. The number of nitrogens with two attached hydrogens (primary N) is 1. The van der Waals surface area contributed by atoms with Gasteiger partial charge in [-0.2, -0.15) is 0 Å². The van der Waals surface area contributed by atoms with Gasteiger partial charge in [-0.05, 0) is 25.3 Å². The molecule has 3 N–H and O–H groups in total. The van der Waals surface area contributed by atoms with E-state index in [1.54, 1.807) is 0 Å². The van der Waals surface area contributed by atoms with Crippen LogP contribution in [0.25, 0.3) is 0 Å². The summed E-state index contributed by atoms with van der Waals surface area (Å²) in [7, 11) is 0. The first-order valence-electron chi connectivity index (χ1n) is 7.18. The van der Waals surface area contributed by atoms with E-state index in [1.807, 2.05) is 32.0 Å². The minimum absolute atomic E-state index is 0.0701. The van der Waals surface area contributed by atoms with E-state index >= 15 is 0 Å². The summed E-state index contributed by atoms with van der Waals surface area (Å²) in [6.07, 6.45) is 4.38. The van der Waals surface area contributed by atoms with Gasteiger partial charge >= 0.3 is 0 Å². The number of amides is 1. The van der Waals surface area contributed by atoms with Gasteiger partial charge in [-0.3, -0.25) is 4.79 Å². The predicted octanol–water partition coefficient (Wildman–Crippen LogP) is 2.56. The highest BCUT2D eigenvalue weighted by Gasteiger charge is 2.37. The average molecular weight is 260 g/mol. The van der Waals surface area contributed by atoms with Gasteiger partial charge in [0.2, 0.25) is 5.91 Å². The Labute approximate surface area is 115 Å². The van der Waals surface area contributed by atoms with Crippen LogP contribution >= 0.6 is 0 Å². The number of carbonyl (C=O) groups is 1. The van der Waals surface area contributed by atoms with Crippen molar-refractivity contribution < 1.29 is 4.79 Å². The van der Waals surface area contributed by atoms with Gasteiger partial charge in [0.25, 0.3) is 0 Å². The standard InChI is InChI=1S/C16H24N2O/c1-12(13(2)17)15(19)18-16(10-6-7-11-16)14-8-4-3-5-9-14/h3-5,8-9,12-13H,6-7,10-11,17H2,1-2H3,(H,18,19). The molecule has 1 saturated carbocycles. The van der Waals surface area contributed by atoms with Crippen molar-refractivity contribution in [2.75, 3.05) is 0 Å². The third-order valence-corrected chi connectivity index (χ3v) is 4.35. The third kappa shape index (κ3) is 2.98. The minimum atomic E-state index is -0.179. The minimum Gasteiger partial charge on any atom is -0.346 e. The maximum absolute atomic E-state index is 12.3. The second-order valence-electron chi connectivity index (χ2n) is 5.79. The summed E-state index contributed by atoms with van der Waals surface area (Å²) in [5, 5.41) is 3.27. The second-order valence-corrected chi connectivity index (χ2v) is 5.79. The lowest BCUT2D eigenvalue weighted by atomic mass is 9.87. The van der Waals surface area contributed by atoms with Gasteiger partial charge < -0.3 is 11.1 Å². The lowest BCUT2D eigenvalue weighted by molar-refractivity contribution is -0.127. The van der Waals surface area contributed by atoms with E-state index in [0.29, 0.717) is 0 Å². The van der Waals surface area contributed by atoms with Crippen molar-refractivity contribution in [2.24, 2.45) is 11.7 Å². The third-order valence-electron chi connectivity index (χ3n) is 4.35. The Kier molecular flexibility index (Phi) is 4.25. The molecule has 0 saturated heterocycles. The number of carbonyl (C=O) groups excluding carboxylic acids is 1. The topological polar surface area (TPSA) is 55.1 Å². The first-order valence-corrected chi connectivity index (χ1v) is 7.18. The Morgan fingerprint density at radius 1 is 1.21 bits per heavy atom. The van der Waals surface area contributed by atoms with Gasteiger partial charge in [-0.15, -0.1) is 0 Å². The molecule has 0 spiro atoms. The molecule has 0 aromatic heterocycles. The zero-order valence-corrected chi connectivity index (χ0v) is 11.9. The van der Waals surface area contributed by atoms with Crippen LogP contribution < -0.4 is 11.1 Å². The molecule has 1 aliphatic rings. The highest BCUT2D eigenvalue weighted by molar-refractivity contribution is 5.80. The number of rotatable bonds is 4. The van der Waals surface area contributed by atoms with Gasteiger partial charge in [0.1, 0.15) is 0 Å². The van der Waals surface area contributed by atoms with Crippen molar-refractivity contribution in [1.82, 2.24) is 5.32 Å². The molecule has 1 amide bonds. The number of hydrogen-bond acceptors (Lipinski definition) is 2. The Hall–Kier alpha value is -1.35. The summed E-state index contributed by atoms with van der Waals surface area (Å²) >= 11 is 0. The molecule has 2 rings (SSSR count). The molecule has 2 atom stereocenters. The monoisotopic (exact) mass is 260 g/mol. The summed E-state index contributed by atoms with van der Waals surface area (Å²) < 4.78 is 0. The Balaban J connectivity index is 2.20. The molecule has 0 bridgehead atoms. The van der Waals surface area contributed by atoms with Gasteiger partial charge in [0, 0.05) is 12.0 Å². The lowest BCUT2D eigenvalue weighted by Crippen LogP contribution is -2.48. The van der Waals surface area contributed by atoms with Crippen LogP contribution in [0.1, 0.15) is 45.1 Å². The molecule has 1 aromatic carbocycles. The zero-order valence-electron chi connectivity index (χ0n) is 11.9. The zero-order chi connectivity index (χ0) is 13.9. The van der Waals surface area contributed by atoms with Gasteiger partial charge in [-0.1, -0.05) is 50.1 Å². The molecule has 19 heavy (non-hydrogen) atoms. The van der Waals surface area contributed by atoms with E-state index in [1.165, 1.54) is 18.4 Å². The fourth-order valence-corrected chi connectivity index (χ4v) is 2.81. The van der Waals surface area contributed by atoms with Crippen LogP contribution in [-0.4, -0.2) is 11.9 Å². The first kappa shape index (κ1) is 14.1. The van der Waals surface area contributed by atoms with Crippen LogP contribution in [0.5, 0.6) is 0 Å². The van der Waals surface area contributed by atoms with E-state index in [4.69, 9.17) is 5.73 Å². The smallest absolute Gasteiger partial charge is 0.225 e. The molecule has 1 aliphatic carbocycles. The Bertz CT molecular complexity index is 422. The quantitative estimate of drug-likeness (QED) is 0.874. The Morgan fingerprint density at radius 2 is 1.79 bits per heavy atom. The second kappa shape index (κ2) is 5.74. The van der Waals surface area contributed by atoms with Crippen LogP contribution in [-0.2, 0) is 10.3 Å². The maximum atomic E-state index is 12.3. The normalized spacial score (nSPS) is 20.8. The molecule has 0 radical (unpaired) electrons. The number of nitrogens with one attached hydrogen (secondary N) is 1. The molecule has 3 heteroatoms. The summed E-state index contributed by atoms with van der Waals surface area (Å²) in [4.78, 5) is 12.3. The average Bonchev–Trinajstić information content (AvgIpc) is 2.88. The highest BCUT2D eigenvalue weighted by Crippen LogP contribution is 2.38. The van der Waals surface area contributed by atoms with Crippen molar-refractivity contribution in [2.45, 2.75) is 51.1 Å². The summed E-state index contributed by atoms with van der Waals surface area (Å²) in [5.41, 5.74) is 6.87. The van der Waals surface area contributed by atoms with E-state index in [0.717, 1.165) is 12.8 Å². The first-order chi connectivity index (χ1) is 9.05. The van der Waals surface area contributed by atoms with Crippen LogP contribution in [0.3, 0.4) is 0 Å². The SMILES string of the molecule is CC(N)C(C)C(=O)NC1(c2ccccc2)CCCC1. The van der Waals surface area contributed by atoms with E-state index in [-0.39, 0.29) is 23.4 Å². The van der Waals surface area contributed by atoms with E-state index in [2.05, 4.69) is 17.4 Å². The predicted molar refractivity (Wildman–Crippen MR) is 77.5 cm³/mol. The molecule has 0 heterocycles. The van der Waals surface area contributed by atoms with Crippen molar-refractivity contribution in [3.05, 3.63) is 35.9 Å². The molecular formula is C16H24N2O. The summed E-state index contributed by atoms with van der Waals surface area (Å²) in [5.74, 6) is -0.0815. The molecule has 104 valence electrons. The number of hydrogen-bond donors (Lipinski definition) is 2. The van der Waals surface area contributed by atoms with E-state index < -0.39 is 0 Å².